The Morgan fingerprint density at radius 2 is 1.75 bits per heavy atom. The normalized spacial score (nSPS) is 15.2. The molecular weight excluding hydrogens is 524 g/mol. The van der Waals surface area contributed by atoms with Crippen LogP contribution < -0.4 is 10.2 Å². The van der Waals surface area contributed by atoms with Crippen LogP contribution in [0.5, 0.6) is 17.2 Å². The Kier molecular flexibility index (Phi) is 8.74. The summed E-state index contributed by atoms with van der Waals surface area (Å²) in [5, 5.41) is 44.1. The molecule has 0 saturated heterocycles. The molecule has 1 aliphatic heterocycles. The standard InChI is InChI=1S/C28H35BrN2O5/c1-17(11-12-24(35)28(3,4)29)7-5-8-18(2)13-14-31-21-15-19(32)16-23(34)26(21)30-25-20(27(31)36)9-6-10-22(25)33/h6-7,9-10,13,15-16,24,30,32-35H,5,8,11-12,14H2,1-4H3. The molecule has 36 heavy (non-hydrogen) atoms. The van der Waals surface area contributed by atoms with Crippen LogP contribution in [0.4, 0.5) is 17.1 Å². The van der Waals surface area contributed by atoms with Gasteiger partial charge in [0.05, 0.1) is 23.0 Å². The zero-order valence-electron chi connectivity index (χ0n) is 21.2. The maximum atomic E-state index is 13.4. The Labute approximate surface area is 220 Å². The predicted octanol–water partition coefficient (Wildman–Crippen LogP) is 6.49. The second-order valence-electron chi connectivity index (χ2n) is 9.86. The van der Waals surface area contributed by atoms with Crippen LogP contribution in [-0.2, 0) is 0 Å². The topological polar surface area (TPSA) is 113 Å². The molecular formula is C28H35BrN2O5. The van der Waals surface area contributed by atoms with Crippen LogP contribution in [0.25, 0.3) is 0 Å². The number of carbonyl (C=O) groups excluding carboxylic acids is 1. The molecule has 2 aromatic carbocycles. The number of benzene rings is 2. The van der Waals surface area contributed by atoms with Crippen molar-refractivity contribution in [2.24, 2.45) is 0 Å². The lowest BCUT2D eigenvalue weighted by atomic mass is 9.99. The summed E-state index contributed by atoms with van der Waals surface area (Å²) in [6.45, 7) is 8.21. The number of anilines is 3. The van der Waals surface area contributed by atoms with E-state index in [-0.39, 0.29) is 51.0 Å². The smallest absolute Gasteiger partial charge is 0.260 e. The van der Waals surface area contributed by atoms with Crippen LogP contribution >= 0.6 is 15.9 Å². The molecule has 0 spiro atoms. The van der Waals surface area contributed by atoms with E-state index in [2.05, 4.69) is 34.2 Å². The fraction of sp³-hybridized carbons (Fsp3) is 0.393. The SMILES string of the molecule is CC(=CCN1C(=O)c2cccc(O)c2Nc2c(O)cc(O)cc21)CCC=C(C)CCC(O)C(C)(C)Br. The Morgan fingerprint density at radius 1 is 1.06 bits per heavy atom. The van der Waals surface area contributed by atoms with Gasteiger partial charge in [0.1, 0.15) is 22.9 Å². The number of aromatic hydroxyl groups is 3. The summed E-state index contributed by atoms with van der Waals surface area (Å²) in [6, 6.07) is 7.27. The van der Waals surface area contributed by atoms with E-state index in [4.69, 9.17) is 0 Å². The van der Waals surface area contributed by atoms with Crippen molar-refractivity contribution in [1.29, 1.82) is 0 Å². The Bertz CT molecular complexity index is 1180. The zero-order valence-corrected chi connectivity index (χ0v) is 22.8. The Hall–Kier alpha value is -2.97. The summed E-state index contributed by atoms with van der Waals surface area (Å²) in [5.74, 6) is -0.864. The summed E-state index contributed by atoms with van der Waals surface area (Å²) in [7, 11) is 0. The van der Waals surface area contributed by atoms with E-state index in [9.17, 15) is 25.2 Å². The van der Waals surface area contributed by atoms with Crippen LogP contribution in [0.2, 0.25) is 0 Å². The fourth-order valence-electron chi connectivity index (χ4n) is 4.05. The summed E-state index contributed by atoms with van der Waals surface area (Å²) < 4.78 is -0.307. The van der Waals surface area contributed by atoms with Gasteiger partial charge in [-0.2, -0.15) is 0 Å². The molecule has 2 aromatic rings. The van der Waals surface area contributed by atoms with Crippen LogP contribution in [0.15, 0.2) is 53.6 Å². The third kappa shape index (κ3) is 6.62. The van der Waals surface area contributed by atoms with Gasteiger partial charge in [-0.15, -0.1) is 0 Å². The van der Waals surface area contributed by atoms with Crippen molar-refractivity contribution in [3.63, 3.8) is 0 Å². The maximum Gasteiger partial charge on any atom is 0.260 e. The molecule has 1 unspecified atom stereocenters. The minimum absolute atomic E-state index is 0.109. The summed E-state index contributed by atoms with van der Waals surface area (Å²) in [6.07, 6.45) is 6.87. The lowest BCUT2D eigenvalue weighted by molar-refractivity contribution is 0.0991. The molecule has 194 valence electrons. The molecule has 3 rings (SSSR count). The molecule has 1 heterocycles. The maximum absolute atomic E-state index is 13.4. The van der Waals surface area contributed by atoms with Crippen molar-refractivity contribution in [3.05, 3.63) is 59.2 Å². The van der Waals surface area contributed by atoms with Crippen molar-refractivity contribution < 1.29 is 25.2 Å². The number of phenols is 3. The summed E-state index contributed by atoms with van der Waals surface area (Å²) >= 11 is 3.51. The van der Waals surface area contributed by atoms with Crippen molar-refractivity contribution in [1.82, 2.24) is 0 Å². The Balaban J connectivity index is 1.74. The second-order valence-corrected chi connectivity index (χ2v) is 11.9. The highest BCUT2D eigenvalue weighted by molar-refractivity contribution is 9.10. The monoisotopic (exact) mass is 558 g/mol. The average molecular weight is 560 g/mol. The van der Waals surface area contributed by atoms with Crippen LogP contribution in [0, 0.1) is 0 Å². The number of alkyl halides is 1. The number of fused-ring (bicyclic) bond motifs is 2. The number of rotatable bonds is 9. The van der Waals surface area contributed by atoms with Gasteiger partial charge in [0.15, 0.2) is 0 Å². The molecule has 1 atom stereocenters. The zero-order chi connectivity index (χ0) is 26.6. The number of aliphatic hydroxyl groups excluding tert-OH is 1. The van der Waals surface area contributed by atoms with Gasteiger partial charge in [0, 0.05) is 23.0 Å². The molecule has 0 aromatic heterocycles. The third-order valence-corrected chi connectivity index (χ3v) is 6.93. The number of nitrogens with one attached hydrogen (secondary N) is 1. The minimum Gasteiger partial charge on any atom is -0.508 e. The van der Waals surface area contributed by atoms with Crippen LogP contribution in [-0.4, -0.2) is 43.3 Å². The lowest BCUT2D eigenvalue weighted by Gasteiger charge is -2.23. The highest BCUT2D eigenvalue weighted by atomic mass is 79.9. The molecule has 5 N–H and O–H groups in total. The van der Waals surface area contributed by atoms with Gasteiger partial charge in [0.25, 0.3) is 5.91 Å². The van der Waals surface area contributed by atoms with Crippen molar-refractivity contribution in [3.8, 4) is 17.2 Å². The van der Waals surface area contributed by atoms with Gasteiger partial charge in [-0.25, -0.2) is 0 Å². The Morgan fingerprint density at radius 3 is 2.44 bits per heavy atom. The molecule has 0 saturated carbocycles. The van der Waals surface area contributed by atoms with E-state index < -0.39 is 6.10 Å². The van der Waals surface area contributed by atoms with Crippen LogP contribution in [0.1, 0.15) is 63.7 Å². The molecule has 0 bridgehead atoms. The van der Waals surface area contributed by atoms with Gasteiger partial charge < -0.3 is 30.6 Å². The van der Waals surface area contributed by atoms with Crippen molar-refractivity contribution in [2.75, 3.05) is 16.8 Å². The van der Waals surface area contributed by atoms with E-state index in [0.29, 0.717) is 12.1 Å². The van der Waals surface area contributed by atoms with Gasteiger partial charge in [-0.3, -0.25) is 4.79 Å². The van der Waals surface area contributed by atoms with Gasteiger partial charge in [-0.05, 0) is 65.5 Å². The number of allylic oxidation sites excluding steroid dienone is 3. The van der Waals surface area contributed by atoms with Gasteiger partial charge >= 0.3 is 0 Å². The van der Waals surface area contributed by atoms with Crippen LogP contribution in [0.3, 0.4) is 0 Å². The first kappa shape index (κ1) is 27.6. The van der Waals surface area contributed by atoms with Gasteiger partial charge in [-0.1, -0.05) is 45.3 Å². The predicted molar refractivity (Wildman–Crippen MR) is 148 cm³/mol. The highest BCUT2D eigenvalue weighted by Gasteiger charge is 2.30. The highest BCUT2D eigenvalue weighted by Crippen LogP contribution is 2.45. The van der Waals surface area contributed by atoms with Crippen molar-refractivity contribution >= 4 is 38.9 Å². The summed E-state index contributed by atoms with van der Waals surface area (Å²) in [5.41, 5.74) is 3.35. The summed E-state index contributed by atoms with van der Waals surface area (Å²) in [4.78, 5) is 14.9. The second kappa shape index (κ2) is 11.4. The average Bonchev–Trinajstić information content (AvgIpc) is 2.91. The van der Waals surface area contributed by atoms with E-state index in [1.165, 1.54) is 28.7 Å². The first-order valence-corrected chi connectivity index (χ1v) is 12.8. The van der Waals surface area contributed by atoms with Crippen molar-refractivity contribution in [2.45, 2.75) is 63.8 Å². The first-order chi connectivity index (χ1) is 16.9. The molecule has 0 fully saturated rings. The number of nitrogens with zero attached hydrogens (tertiary/aromatic N) is 1. The molecule has 0 radical (unpaired) electrons. The molecule has 8 heteroatoms. The quantitative estimate of drug-likeness (QED) is 0.104. The molecule has 0 aliphatic carbocycles. The number of hydrogen-bond acceptors (Lipinski definition) is 6. The number of hydrogen-bond donors (Lipinski definition) is 5. The number of para-hydroxylation sites is 1. The van der Waals surface area contributed by atoms with E-state index >= 15 is 0 Å². The first-order valence-electron chi connectivity index (χ1n) is 12.0. The number of amides is 1. The third-order valence-electron chi connectivity index (χ3n) is 6.40. The number of phenolic OH excluding ortho intramolecular Hbond substituents is 3. The van der Waals surface area contributed by atoms with E-state index in [0.717, 1.165) is 24.8 Å². The molecule has 7 nitrogen and oxygen atoms in total. The molecule has 1 aliphatic rings. The fourth-order valence-corrected chi connectivity index (χ4v) is 4.28. The van der Waals surface area contributed by atoms with E-state index in [1.807, 2.05) is 26.8 Å². The number of halogens is 1. The van der Waals surface area contributed by atoms with Gasteiger partial charge in [0.2, 0.25) is 0 Å². The lowest BCUT2D eigenvalue weighted by Crippen LogP contribution is -2.30. The molecule has 1 amide bonds. The number of carbonyl (C=O) groups is 1. The minimum atomic E-state index is -0.420. The number of aliphatic hydroxyl groups is 1. The largest absolute Gasteiger partial charge is 0.508 e. The van der Waals surface area contributed by atoms with E-state index in [1.54, 1.807) is 12.1 Å².